The molecule has 4 nitrogen and oxygen atoms in total. The fraction of sp³-hybridized carbons (Fsp3) is 0.389. The molecule has 0 spiro atoms. The topological polar surface area (TPSA) is 44.8 Å². The highest BCUT2D eigenvalue weighted by molar-refractivity contribution is 9.10. The van der Waals surface area contributed by atoms with E-state index in [2.05, 4.69) is 22.9 Å². The van der Waals surface area contributed by atoms with Crippen LogP contribution in [0.4, 0.5) is 0 Å². The van der Waals surface area contributed by atoms with Gasteiger partial charge in [-0.2, -0.15) is 0 Å². The van der Waals surface area contributed by atoms with Crippen molar-refractivity contribution < 1.29 is 19.0 Å². The molecule has 0 amide bonds. The molecular weight excluding hydrogens is 392 g/mol. The molecule has 1 aliphatic carbocycles. The van der Waals surface area contributed by atoms with Gasteiger partial charge in [-0.05, 0) is 48.9 Å². The number of ether oxygens (including phenoxy) is 3. The molecule has 1 aromatic carbocycles. The lowest BCUT2D eigenvalue weighted by molar-refractivity contribution is 0.0477. The summed E-state index contributed by atoms with van der Waals surface area (Å²) in [6.45, 7) is 2.69. The highest BCUT2D eigenvalue weighted by Gasteiger charge is 2.22. The summed E-state index contributed by atoms with van der Waals surface area (Å²) in [5.74, 6) is 1.83. The Labute approximate surface area is 152 Å². The second kappa shape index (κ2) is 6.41. The van der Waals surface area contributed by atoms with Crippen molar-refractivity contribution in [3.63, 3.8) is 0 Å². The highest BCUT2D eigenvalue weighted by Crippen LogP contribution is 2.37. The first-order valence-corrected chi connectivity index (χ1v) is 9.58. The predicted molar refractivity (Wildman–Crippen MR) is 94.9 cm³/mol. The number of hydrogen-bond acceptors (Lipinski definition) is 5. The Balaban J connectivity index is 1.46. The van der Waals surface area contributed by atoms with Crippen molar-refractivity contribution in [1.82, 2.24) is 0 Å². The van der Waals surface area contributed by atoms with Crippen molar-refractivity contribution in [2.75, 3.05) is 6.79 Å². The molecule has 6 heteroatoms. The number of thiophene rings is 1. The number of benzene rings is 1. The largest absolute Gasteiger partial charge is 0.457 e. The van der Waals surface area contributed by atoms with Crippen LogP contribution >= 0.6 is 27.3 Å². The maximum Gasteiger partial charge on any atom is 0.348 e. The van der Waals surface area contributed by atoms with E-state index in [0.29, 0.717) is 22.3 Å². The average Bonchev–Trinajstić information content (AvgIpc) is 3.17. The summed E-state index contributed by atoms with van der Waals surface area (Å²) in [6.07, 6.45) is 3.33. The van der Waals surface area contributed by atoms with Crippen LogP contribution in [0.3, 0.4) is 0 Å². The van der Waals surface area contributed by atoms with Crippen molar-refractivity contribution in [3.05, 3.63) is 43.6 Å². The highest BCUT2D eigenvalue weighted by atomic mass is 79.9. The van der Waals surface area contributed by atoms with Crippen LogP contribution in [-0.2, 0) is 24.2 Å². The Morgan fingerprint density at radius 3 is 2.96 bits per heavy atom. The second-order valence-corrected chi connectivity index (χ2v) is 8.27. The number of aryl methyl sites for hydroxylation is 1. The van der Waals surface area contributed by atoms with Crippen molar-refractivity contribution in [1.29, 1.82) is 0 Å². The van der Waals surface area contributed by atoms with E-state index in [1.54, 1.807) is 11.3 Å². The number of hydrogen-bond donors (Lipinski definition) is 0. The molecule has 2 heterocycles. The van der Waals surface area contributed by atoms with E-state index in [4.69, 9.17) is 14.2 Å². The fourth-order valence-corrected chi connectivity index (χ4v) is 4.63. The van der Waals surface area contributed by atoms with Gasteiger partial charge < -0.3 is 14.2 Å². The van der Waals surface area contributed by atoms with Crippen molar-refractivity contribution in [2.45, 2.75) is 32.8 Å². The molecule has 0 fully saturated rings. The maximum atomic E-state index is 12.4. The van der Waals surface area contributed by atoms with Gasteiger partial charge in [-0.1, -0.05) is 22.9 Å². The molecule has 0 radical (unpaired) electrons. The maximum absolute atomic E-state index is 12.4. The first kappa shape index (κ1) is 16.0. The molecule has 2 aromatic rings. The fourth-order valence-electron chi connectivity index (χ4n) is 3.09. The normalized spacial score (nSPS) is 18.3. The Kier molecular flexibility index (Phi) is 4.26. The number of rotatable bonds is 3. The lowest BCUT2D eigenvalue weighted by Gasteiger charge is -2.16. The third kappa shape index (κ3) is 3.05. The minimum atomic E-state index is -0.258. The Morgan fingerprint density at radius 2 is 2.12 bits per heavy atom. The van der Waals surface area contributed by atoms with Gasteiger partial charge in [0, 0.05) is 14.9 Å². The molecule has 0 unspecified atom stereocenters. The standard InChI is InChI=1S/C18H17BrO4S/c1-10-2-3-16-11(4-10)6-17(24-16)18(20)21-8-12-5-14-15(7-13(12)19)23-9-22-14/h5-7,10H,2-4,8-9H2,1H3/t10-/m0/s1. The number of carbonyl (C=O) groups excluding carboxylic acids is 1. The minimum Gasteiger partial charge on any atom is -0.457 e. The first-order valence-electron chi connectivity index (χ1n) is 7.97. The molecule has 0 saturated carbocycles. The van der Waals surface area contributed by atoms with E-state index in [0.717, 1.165) is 22.9 Å². The van der Waals surface area contributed by atoms with Gasteiger partial charge >= 0.3 is 5.97 Å². The molecule has 126 valence electrons. The zero-order chi connectivity index (χ0) is 16.7. The van der Waals surface area contributed by atoms with Crippen LogP contribution < -0.4 is 9.47 Å². The molecule has 0 N–H and O–H groups in total. The Bertz CT molecular complexity index is 799. The minimum absolute atomic E-state index is 0.203. The zero-order valence-corrected chi connectivity index (χ0v) is 15.7. The van der Waals surface area contributed by atoms with Crippen LogP contribution in [0.15, 0.2) is 22.7 Å². The van der Waals surface area contributed by atoms with Crippen molar-refractivity contribution in [2.24, 2.45) is 5.92 Å². The summed E-state index contributed by atoms with van der Waals surface area (Å²) < 4.78 is 17.0. The monoisotopic (exact) mass is 408 g/mol. The summed E-state index contributed by atoms with van der Waals surface area (Å²) in [6, 6.07) is 5.70. The summed E-state index contributed by atoms with van der Waals surface area (Å²) in [5.41, 5.74) is 2.18. The first-order chi connectivity index (χ1) is 11.6. The van der Waals surface area contributed by atoms with Crippen LogP contribution in [0.1, 0.15) is 39.0 Å². The molecule has 2 aliphatic rings. The summed E-state index contributed by atoms with van der Waals surface area (Å²) in [7, 11) is 0. The summed E-state index contributed by atoms with van der Waals surface area (Å²) in [5, 5.41) is 0. The smallest absolute Gasteiger partial charge is 0.348 e. The van der Waals surface area contributed by atoms with Gasteiger partial charge in [-0.15, -0.1) is 11.3 Å². The molecule has 24 heavy (non-hydrogen) atoms. The van der Waals surface area contributed by atoms with E-state index in [9.17, 15) is 4.79 Å². The van der Waals surface area contributed by atoms with Gasteiger partial charge in [-0.3, -0.25) is 0 Å². The number of fused-ring (bicyclic) bond motifs is 2. The number of esters is 1. The third-order valence-electron chi connectivity index (χ3n) is 4.43. The lowest BCUT2D eigenvalue weighted by Crippen LogP contribution is -2.08. The summed E-state index contributed by atoms with van der Waals surface area (Å²) >= 11 is 5.06. The zero-order valence-electron chi connectivity index (χ0n) is 13.3. The van der Waals surface area contributed by atoms with Gasteiger partial charge in [0.1, 0.15) is 11.5 Å². The molecule has 1 aromatic heterocycles. The second-order valence-electron chi connectivity index (χ2n) is 6.28. The third-order valence-corrected chi connectivity index (χ3v) is 6.39. The summed E-state index contributed by atoms with van der Waals surface area (Å²) in [4.78, 5) is 14.4. The SMILES string of the molecule is C[C@H]1CCc2sc(C(=O)OCc3cc4c(cc3Br)OCO4)cc2C1. The van der Waals surface area contributed by atoms with Gasteiger partial charge in [0.2, 0.25) is 6.79 Å². The predicted octanol–water partition coefficient (Wildman–Crippen LogP) is 4.72. The average molecular weight is 409 g/mol. The number of carbonyl (C=O) groups is 1. The van der Waals surface area contributed by atoms with E-state index in [-0.39, 0.29) is 19.4 Å². The molecule has 0 bridgehead atoms. The van der Waals surface area contributed by atoms with Gasteiger partial charge in [0.05, 0.1) is 0 Å². The molecule has 0 saturated heterocycles. The molecule has 1 aliphatic heterocycles. The van der Waals surface area contributed by atoms with E-state index < -0.39 is 0 Å². The van der Waals surface area contributed by atoms with Gasteiger partial charge in [-0.25, -0.2) is 4.79 Å². The van der Waals surface area contributed by atoms with E-state index in [1.165, 1.54) is 16.9 Å². The quantitative estimate of drug-likeness (QED) is 0.689. The lowest BCUT2D eigenvalue weighted by atomic mass is 9.90. The Hall–Kier alpha value is -1.53. The van der Waals surface area contributed by atoms with Crippen LogP contribution in [0.2, 0.25) is 0 Å². The van der Waals surface area contributed by atoms with Crippen molar-refractivity contribution in [3.8, 4) is 11.5 Å². The van der Waals surface area contributed by atoms with E-state index in [1.807, 2.05) is 18.2 Å². The van der Waals surface area contributed by atoms with E-state index >= 15 is 0 Å². The van der Waals surface area contributed by atoms with Crippen LogP contribution in [0.5, 0.6) is 11.5 Å². The molecular formula is C18H17BrO4S. The Morgan fingerprint density at radius 1 is 1.33 bits per heavy atom. The van der Waals surface area contributed by atoms with Crippen LogP contribution in [0.25, 0.3) is 0 Å². The van der Waals surface area contributed by atoms with Crippen LogP contribution in [-0.4, -0.2) is 12.8 Å². The molecule has 4 rings (SSSR count). The van der Waals surface area contributed by atoms with Gasteiger partial charge in [0.25, 0.3) is 0 Å². The van der Waals surface area contributed by atoms with Gasteiger partial charge in [0.15, 0.2) is 11.5 Å². The number of halogens is 1. The van der Waals surface area contributed by atoms with Crippen LogP contribution in [0, 0.1) is 5.92 Å². The van der Waals surface area contributed by atoms with Crippen molar-refractivity contribution >= 4 is 33.2 Å². The molecule has 1 atom stereocenters.